The zero-order chi connectivity index (χ0) is 26.6. The van der Waals surface area contributed by atoms with Gasteiger partial charge in [-0.25, -0.2) is 23.5 Å². The average molecular weight is 526 g/mol. The minimum absolute atomic E-state index is 0. The average Bonchev–Trinajstić information content (AvgIpc) is 3.10. The molecule has 35 heavy (non-hydrogen) atoms. The van der Waals surface area contributed by atoms with Gasteiger partial charge >= 0.3 is 31.9 Å². The van der Waals surface area contributed by atoms with Crippen LogP contribution in [-0.2, 0) is 46.7 Å². The van der Waals surface area contributed by atoms with Gasteiger partial charge in [0.25, 0.3) is 0 Å². The molecule has 0 saturated carbocycles. The van der Waals surface area contributed by atoms with Gasteiger partial charge in [0.2, 0.25) is 12.7 Å². The van der Waals surface area contributed by atoms with Crippen molar-refractivity contribution >= 4 is 37.9 Å². The monoisotopic (exact) mass is 526 g/mol. The van der Waals surface area contributed by atoms with Crippen LogP contribution in [0.15, 0.2) is 0 Å². The normalized spacial score (nSPS) is 26.0. The van der Waals surface area contributed by atoms with E-state index in [0.29, 0.717) is 4.90 Å². The van der Waals surface area contributed by atoms with Gasteiger partial charge in [-0.2, -0.15) is 4.90 Å². The number of carbonyl (C=O) groups is 5. The van der Waals surface area contributed by atoms with Crippen molar-refractivity contribution in [2.45, 2.75) is 58.8 Å². The second kappa shape index (κ2) is 10.9. The van der Waals surface area contributed by atoms with E-state index in [2.05, 4.69) is 5.32 Å². The molecule has 200 valence electrons. The van der Waals surface area contributed by atoms with Gasteiger partial charge in [0.15, 0.2) is 12.1 Å². The highest BCUT2D eigenvalue weighted by Gasteiger charge is 2.50. The molecule has 16 heteroatoms. The minimum atomic E-state index is -4.37. The van der Waals surface area contributed by atoms with E-state index < -0.39 is 74.4 Å². The Morgan fingerprint density at radius 1 is 1.29 bits per heavy atom. The van der Waals surface area contributed by atoms with Gasteiger partial charge in [0, 0.05) is 13.4 Å². The molecule has 0 aromatic rings. The summed E-state index contributed by atoms with van der Waals surface area (Å²) in [5, 5.41) is 11.1. The number of carboxylic acids is 1. The molecule has 2 aliphatic heterocycles. The molecule has 2 fully saturated rings. The smallest absolute Gasteiger partial charge is 0.478 e. The Morgan fingerprint density at radius 2 is 1.94 bits per heavy atom. The number of esters is 1. The molecular formula is C19H31N2O13P. The number of carboxylic acid groups (broad SMARTS) is 1. The number of hydrogen-bond acceptors (Lipinski definition) is 12. The Kier molecular flexibility index (Phi) is 8.87. The first-order valence-electron chi connectivity index (χ1n) is 10.5. The van der Waals surface area contributed by atoms with Crippen molar-refractivity contribution in [1.82, 2.24) is 10.2 Å². The molecule has 0 radical (unpaired) electrons. The van der Waals surface area contributed by atoms with Crippen LogP contribution in [0.4, 0.5) is 9.59 Å². The van der Waals surface area contributed by atoms with E-state index in [-0.39, 0.29) is 21.0 Å². The molecule has 2 saturated heterocycles. The first kappa shape index (κ1) is 28.5. The number of nitrogens with zero attached hydrogens (tertiary/aromatic N) is 1. The van der Waals surface area contributed by atoms with Crippen LogP contribution in [-0.4, -0.2) is 84.3 Å². The summed E-state index contributed by atoms with van der Waals surface area (Å²) in [6.07, 6.45) is -3.87. The highest BCUT2D eigenvalue weighted by Crippen LogP contribution is 2.57. The molecule has 2 aliphatic rings. The molecule has 0 aromatic carbocycles. The molecular weight excluding hydrogens is 495 g/mol. The van der Waals surface area contributed by atoms with Crippen LogP contribution >= 0.6 is 7.82 Å². The summed E-state index contributed by atoms with van der Waals surface area (Å²) in [5.41, 5.74) is -1.90. The SMILES string of the molecule is CC(C)(C)OC(=O)N1C(=O)OC[C@@H]1C(=O)OCOP1(=O)OCC(C)(C)[C@H](C(=O)NCCC(=O)O)O1.[HH]. The summed E-state index contributed by atoms with van der Waals surface area (Å²) < 4.78 is 42.8. The van der Waals surface area contributed by atoms with Crippen LogP contribution in [0, 0.1) is 5.41 Å². The Balaban J connectivity index is 0.00000648. The van der Waals surface area contributed by atoms with Gasteiger partial charge in [0.05, 0.1) is 13.0 Å². The minimum Gasteiger partial charge on any atom is -0.481 e. The van der Waals surface area contributed by atoms with Gasteiger partial charge in [-0.05, 0) is 20.8 Å². The Bertz CT molecular complexity index is 920. The molecule has 2 N–H and O–H groups in total. The number of nitrogens with one attached hydrogen (secondary N) is 1. The van der Waals surface area contributed by atoms with Crippen molar-refractivity contribution in [3.8, 4) is 0 Å². The Morgan fingerprint density at radius 3 is 2.54 bits per heavy atom. The zero-order valence-electron chi connectivity index (χ0n) is 19.9. The van der Waals surface area contributed by atoms with Crippen LogP contribution < -0.4 is 5.32 Å². The fraction of sp³-hybridized carbons (Fsp3) is 0.737. The number of cyclic esters (lactones) is 1. The summed E-state index contributed by atoms with van der Waals surface area (Å²) in [6.45, 7) is 6.03. The lowest BCUT2D eigenvalue weighted by Crippen LogP contribution is -2.50. The van der Waals surface area contributed by atoms with E-state index in [9.17, 15) is 28.5 Å². The van der Waals surface area contributed by atoms with Crippen molar-refractivity contribution in [3.05, 3.63) is 0 Å². The molecule has 2 heterocycles. The van der Waals surface area contributed by atoms with Crippen molar-refractivity contribution in [2.75, 3.05) is 26.6 Å². The second-order valence-electron chi connectivity index (χ2n) is 9.28. The molecule has 3 atom stereocenters. The fourth-order valence-electron chi connectivity index (χ4n) is 2.83. The predicted molar refractivity (Wildman–Crippen MR) is 115 cm³/mol. The molecule has 0 bridgehead atoms. The maximum Gasteiger partial charge on any atom is 0.478 e. The summed E-state index contributed by atoms with van der Waals surface area (Å²) in [4.78, 5) is 60.0. The van der Waals surface area contributed by atoms with Gasteiger partial charge in [0.1, 0.15) is 12.2 Å². The molecule has 1 unspecified atom stereocenters. The summed E-state index contributed by atoms with van der Waals surface area (Å²) >= 11 is 0. The number of imide groups is 1. The van der Waals surface area contributed by atoms with E-state index in [1.54, 1.807) is 34.6 Å². The van der Waals surface area contributed by atoms with Gasteiger partial charge in [-0.1, -0.05) is 13.8 Å². The highest BCUT2D eigenvalue weighted by atomic mass is 31.2. The topological polar surface area (TPSA) is 193 Å². The van der Waals surface area contributed by atoms with Crippen LogP contribution in [0.25, 0.3) is 0 Å². The lowest BCUT2D eigenvalue weighted by molar-refractivity contribution is -0.159. The molecule has 0 aliphatic carbocycles. The van der Waals surface area contributed by atoms with Gasteiger partial charge in [-0.3, -0.25) is 18.6 Å². The van der Waals surface area contributed by atoms with Gasteiger partial charge < -0.3 is 24.6 Å². The Labute approximate surface area is 202 Å². The number of phosphoric acid groups is 1. The van der Waals surface area contributed by atoms with Crippen molar-refractivity contribution in [3.63, 3.8) is 0 Å². The lowest BCUT2D eigenvalue weighted by Gasteiger charge is -2.39. The van der Waals surface area contributed by atoms with Gasteiger partial charge in [-0.15, -0.1) is 0 Å². The lowest BCUT2D eigenvalue weighted by atomic mass is 9.87. The first-order chi connectivity index (χ1) is 16.0. The fourth-order valence-corrected chi connectivity index (χ4v) is 4.34. The maximum absolute atomic E-state index is 12.8. The predicted octanol–water partition coefficient (Wildman–Crippen LogP) is 1.65. The highest BCUT2D eigenvalue weighted by molar-refractivity contribution is 7.48. The number of amides is 3. The van der Waals surface area contributed by atoms with Crippen molar-refractivity contribution in [1.29, 1.82) is 0 Å². The van der Waals surface area contributed by atoms with E-state index in [1.807, 2.05) is 0 Å². The van der Waals surface area contributed by atoms with E-state index >= 15 is 0 Å². The summed E-state index contributed by atoms with van der Waals surface area (Å²) in [5.74, 6) is -2.96. The summed E-state index contributed by atoms with van der Waals surface area (Å²) in [7, 11) is -4.37. The molecule has 3 amide bonds. The number of carbonyl (C=O) groups excluding carboxylic acids is 4. The van der Waals surface area contributed by atoms with Crippen LogP contribution in [0.1, 0.15) is 42.5 Å². The van der Waals surface area contributed by atoms with Crippen molar-refractivity contribution in [2.24, 2.45) is 5.41 Å². The molecule has 2 rings (SSSR count). The molecule has 0 spiro atoms. The van der Waals surface area contributed by atoms with Crippen LogP contribution in [0.3, 0.4) is 0 Å². The van der Waals surface area contributed by atoms with E-state index in [4.69, 9.17) is 32.9 Å². The largest absolute Gasteiger partial charge is 0.481 e. The second-order valence-corrected chi connectivity index (χ2v) is 10.9. The number of ether oxygens (including phenoxy) is 3. The third-order valence-corrected chi connectivity index (χ3v) is 5.90. The summed E-state index contributed by atoms with van der Waals surface area (Å²) in [6, 6.07) is -1.47. The zero-order valence-corrected chi connectivity index (χ0v) is 20.8. The van der Waals surface area contributed by atoms with Crippen molar-refractivity contribution < 1.29 is 62.9 Å². The standard InChI is InChI=1S/C19H29N2O13P.H2/c1-18(2,3)33-17(27)21-11(8-29-16(21)26)15(25)30-10-32-35(28)31-9-19(4,5)13(34-35)14(24)20-7-6-12(22)23;/h11,13H,6-10H2,1-5H3,(H,20,24)(H,22,23);1H/t11-,13+,35?;/m1./s1. The maximum atomic E-state index is 12.8. The quantitative estimate of drug-likeness (QED) is 0.201. The third-order valence-electron chi connectivity index (χ3n) is 4.56. The molecule has 15 nitrogen and oxygen atoms in total. The number of aliphatic carboxylic acids is 1. The van der Waals surface area contributed by atoms with Crippen LogP contribution in [0.5, 0.6) is 0 Å². The van der Waals surface area contributed by atoms with E-state index in [1.165, 1.54) is 0 Å². The first-order valence-corrected chi connectivity index (χ1v) is 11.9. The van der Waals surface area contributed by atoms with Crippen LogP contribution in [0.2, 0.25) is 0 Å². The Hall–Kier alpha value is -2.74. The molecule has 0 aromatic heterocycles. The van der Waals surface area contributed by atoms with E-state index in [0.717, 1.165) is 0 Å². The number of phosphoric ester groups is 1. The number of hydrogen-bond donors (Lipinski definition) is 2. The number of rotatable bonds is 8. The third kappa shape index (κ3) is 7.88.